The zero-order valence-corrected chi connectivity index (χ0v) is 12.6. The molecule has 1 heteroatoms. The van der Waals surface area contributed by atoms with E-state index >= 15 is 0 Å². The molecule has 0 aliphatic carbocycles. The van der Waals surface area contributed by atoms with Crippen LogP contribution in [0.25, 0.3) is 0 Å². The summed E-state index contributed by atoms with van der Waals surface area (Å²) >= 11 is 0. The Morgan fingerprint density at radius 2 is 1.61 bits per heavy atom. The van der Waals surface area contributed by atoms with Crippen molar-refractivity contribution in [1.29, 1.82) is 0 Å². The first kappa shape index (κ1) is 15.3. The van der Waals surface area contributed by atoms with E-state index in [1.54, 1.807) is 11.1 Å². The summed E-state index contributed by atoms with van der Waals surface area (Å²) in [4.78, 5) is 3.28. The number of hydrogen-bond acceptors (Lipinski definition) is 0. The third-order valence-corrected chi connectivity index (χ3v) is 4.06. The molecule has 1 unspecified atom stereocenters. The molecule has 1 nitrogen and oxygen atoms in total. The quantitative estimate of drug-likeness (QED) is 0.503. The van der Waals surface area contributed by atoms with Gasteiger partial charge in [-0.05, 0) is 36.3 Å². The standard InChI is InChI=1S/C17H31N/c1-4-6-7-8-9-10-11-12-16-13-18-14-17(16)15(3)5-2/h13-15,18H,4-12H2,1-3H3. The van der Waals surface area contributed by atoms with Crippen LogP contribution in [0.15, 0.2) is 12.4 Å². The van der Waals surface area contributed by atoms with Crippen LogP contribution in [0, 0.1) is 0 Å². The molecule has 0 radical (unpaired) electrons. The van der Waals surface area contributed by atoms with Gasteiger partial charge in [0.1, 0.15) is 0 Å². The highest BCUT2D eigenvalue weighted by molar-refractivity contribution is 5.26. The van der Waals surface area contributed by atoms with Crippen molar-refractivity contribution in [2.75, 3.05) is 0 Å². The number of H-pyrrole nitrogens is 1. The Kier molecular flexibility index (Phi) is 7.88. The van der Waals surface area contributed by atoms with Gasteiger partial charge in [0.15, 0.2) is 0 Å². The van der Waals surface area contributed by atoms with Gasteiger partial charge < -0.3 is 4.98 Å². The minimum atomic E-state index is 0.704. The Hall–Kier alpha value is -0.720. The zero-order valence-electron chi connectivity index (χ0n) is 12.6. The van der Waals surface area contributed by atoms with Crippen molar-refractivity contribution < 1.29 is 0 Å². The van der Waals surface area contributed by atoms with Gasteiger partial charge in [-0.1, -0.05) is 59.3 Å². The van der Waals surface area contributed by atoms with Gasteiger partial charge in [0.05, 0.1) is 0 Å². The summed E-state index contributed by atoms with van der Waals surface area (Å²) in [5.41, 5.74) is 3.10. The van der Waals surface area contributed by atoms with Crippen LogP contribution in [0.1, 0.15) is 89.2 Å². The first-order valence-corrected chi connectivity index (χ1v) is 7.95. The SMILES string of the molecule is CCCCCCCCCc1c[nH]cc1C(C)CC. The maximum absolute atomic E-state index is 3.28. The number of aromatic nitrogens is 1. The first-order valence-electron chi connectivity index (χ1n) is 7.95. The second-order valence-electron chi connectivity index (χ2n) is 5.62. The normalized spacial score (nSPS) is 12.8. The summed E-state index contributed by atoms with van der Waals surface area (Å²) in [6.07, 6.45) is 16.7. The summed E-state index contributed by atoms with van der Waals surface area (Å²) in [6, 6.07) is 0. The molecular weight excluding hydrogens is 218 g/mol. The number of hydrogen-bond donors (Lipinski definition) is 1. The molecule has 0 spiro atoms. The van der Waals surface area contributed by atoms with Crippen LogP contribution in [-0.2, 0) is 6.42 Å². The minimum absolute atomic E-state index is 0.704. The van der Waals surface area contributed by atoms with Crippen molar-refractivity contribution >= 4 is 0 Å². The highest BCUT2D eigenvalue weighted by Gasteiger charge is 2.09. The van der Waals surface area contributed by atoms with Gasteiger partial charge >= 0.3 is 0 Å². The van der Waals surface area contributed by atoms with Crippen LogP contribution in [-0.4, -0.2) is 4.98 Å². The van der Waals surface area contributed by atoms with Crippen LogP contribution >= 0.6 is 0 Å². The Bertz CT molecular complexity index is 300. The minimum Gasteiger partial charge on any atom is -0.367 e. The van der Waals surface area contributed by atoms with E-state index in [1.807, 2.05) is 0 Å². The second-order valence-corrected chi connectivity index (χ2v) is 5.62. The van der Waals surface area contributed by atoms with E-state index in [2.05, 4.69) is 38.1 Å². The molecule has 1 rings (SSSR count). The van der Waals surface area contributed by atoms with Crippen LogP contribution < -0.4 is 0 Å². The van der Waals surface area contributed by atoms with Crippen molar-refractivity contribution in [1.82, 2.24) is 4.98 Å². The maximum Gasteiger partial charge on any atom is 0.00429 e. The van der Waals surface area contributed by atoms with E-state index in [0.717, 1.165) is 0 Å². The predicted molar refractivity (Wildman–Crippen MR) is 81.2 cm³/mol. The third-order valence-electron chi connectivity index (χ3n) is 4.06. The second kappa shape index (κ2) is 9.24. The topological polar surface area (TPSA) is 15.8 Å². The summed E-state index contributed by atoms with van der Waals surface area (Å²) in [7, 11) is 0. The molecule has 0 bridgehead atoms. The molecule has 0 saturated heterocycles. The lowest BCUT2D eigenvalue weighted by molar-refractivity contribution is 0.587. The maximum atomic E-state index is 3.28. The number of aryl methyl sites for hydroxylation is 1. The Balaban J connectivity index is 2.17. The molecule has 0 aromatic carbocycles. The molecule has 0 saturated carbocycles. The predicted octanol–water partition coefficient (Wildman–Crippen LogP) is 5.82. The van der Waals surface area contributed by atoms with Crippen molar-refractivity contribution in [3.05, 3.63) is 23.5 Å². The lowest BCUT2D eigenvalue weighted by atomic mass is 9.95. The third kappa shape index (κ3) is 5.29. The van der Waals surface area contributed by atoms with Gasteiger partial charge in [0.2, 0.25) is 0 Å². The molecule has 1 aromatic rings. The summed E-state index contributed by atoms with van der Waals surface area (Å²) in [5, 5.41) is 0. The highest BCUT2D eigenvalue weighted by atomic mass is 14.6. The molecule has 1 atom stereocenters. The molecular formula is C17H31N. The lowest BCUT2D eigenvalue weighted by Gasteiger charge is -2.09. The van der Waals surface area contributed by atoms with E-state index in [1.165, 1.54) is 57.8 Å². The van der Waals surface area contributed by atoms with Gasteiger partial charge in [-0.2, -0.15) is 0 Å². The molecule has 1 N–H and O–H groups in total. The Labute approximate surface area is 113 Å². The zero-order chi connectivity index (χ0) is 13.2. The van der Waals surface area contributed by atoms with E-state index in [-0.39, 0.29) is 0 Å². The molecule has 104 valence electrons. The molecule has 18 heavy (non-hydrogen) atoms. The highest BCUT2D eigenvalue weighted by Crippen LogP contribution is 2.24. The largest absolute Gasteiger partial charge is 0.367 e. The van der Waals surface area contributed by atoms with Gasteiger partial charge in [0, 0.05) is 12.4 Å². The fourth-order valence-electron chi connectivity index (χ4n) is 2.58. The number of unbranched alkanes of at least 4 members (excludes halogenated alkanes) is 6. The Morgan fingerprint density at radius 3 is 2.28 bits per heavy atom. The lowest BCUT2D eigenvalue weighted by Crippen LogP contribution is -1.95. The van der Waals surface area contributed by atoms with Crippen LogP contribution in [0.3, 0.4) is 0 Å². The van der Waals surface area contributed by atoms with Crippen molar-refractivity contribution in [2.24, 2.45) is 0 Å². The van der Waals surface area contributed by atoms with E-state index in [0.29, 0.717) is 5.92 Å². The van der Waals surface area contributed by atoms with E-state index in [9.17, 15) is 0 Å². The monoisotopic (exact) mass is 249 g/mol. The molecule has 0 fully saturated rings. The van der Waals surface area contributed by atoms with Gasteiger partial charge in [0.25, 0.3) is 0 Å². The number of aromatic amines is 1. The summed E-state index contributed by atoms with van der Waals surface area (Å²) in [5.74, 6) is 0.704. The summed E-state index contributed by atoms with van der Waals surface area (Å²) < 4.78 is 0. The van der Waals surface area contributed by atoms with Crippen molar-refractivity contribution in [2.45, 2.75) is 84.5 Å². The first-order chi connectivity index (χ1) is 8.79. The average molecular weight is 249 g/mol. The molecule has 1 heterocycles. The fraction of sp³-hybridized carbons (Fsp3) is 0.765. The van der Waals surface area contributed by atoms with Crippen molar-refractivity contribution in [3.8, 4) is 0 Å². The van der Waals surface area contributed by atoms with Crippen LogP contribution in [0.4, 0.5) is 0 Å². The number of rotatable bonds is 10. The smallest absolute Gasteiger partial charge is 0.00429 e. The molecule has 0 amide bonds. The molecule has 1 aromatic heterocycles. The molecule has 0 aliphatic rings. The molecule has 0 aliphatic heterocycles. The fourth-order valence-corrected chi connectivity index (χ4v) is 2.58. The van der Waals surface area contributed by atoms with E-state index < -0.39 is 0 Å². The van der Waals surface area contributed by atoms with Crippen molar-refractivity contribution in [3.63, 3.8) is 0 Å². The van der Waals surface area contributed by atoms with Crippen LogP contribution in [0.2, 0.25) is 0 Å². The van der Waals surface area contributed by atoms with Gasteiger partial charge in [-0.15, -0.1) is 0 Å². The van der Waals surface area contributed by atoms with Crippen LogP contribution in [0.5, 0.6) is 0 Å². The van der Waals surface area contributed by atoms with E-state index in [4.69, 9.17) is 0 Å². The van der Waals surface area contributed by atoms with Gasteiger partial charge in [-0.3, -0.25) is 0 Å². The Morgan fingerprint density at radius 1 is 0.944 bits per heavy atom. The van der Waals surface area contributed by atoms with Gasteiger partial charge in [-0.25, -0.2) is 0 Å². The average Bonchev–Trinajstić information content (AvgIpc) is 2.85. The summed E-state index contributed by atoms with van der Waals surface area (Å²) in [6.45, 7) is 6.88. The number of nitrogens with one attached hydrogen (secondary N) is 1.